The first kappa shape index (κ1) is 11.8. The van der Waals surface area contributed by atoms with E-state index in [0.29, 0.717) is 11.9 Å². The molecular formula is C11H23NOSi. The van der Waals surface area contributed by atoms with Crippen LogP contribution >= 0.6 is 0 Å². The normalized spacial score (nSPS) is 19.4. The van der Waals surface area contributed by atoms with Gasteiger partial charge in [0.15, 0.2) is 0 Å². The molecule has 0 radical (unpaired) electrons. The van der Waals surface area contributed by atoms with Gasteiger partial charge in [0, 0.05) is 27.8 Å². The molecule has 1 aliphatic heterocycles. The molecule has 1 amide bonds. The average Bonchev–Trinajstić information content (AvgIpc) is 2.60. The van der Waals surface area contributed by atoms with Crippen molar-refractivity contribution in [3.8, 4) is 0 Å². The Morgan fingerprint density at radius 3 is 2.50 bits per heavy atom. The predicted molar refractivity (Wildman–Crippen MR) is 63.3 cm³/mol. The minimum atomic E-state index is -0.527. The van der Waals surface area contributed by atoms with E-state index < -0.39 is 8.80 Å². The van der Waals surface area contributed by atoms with Crippen LogP contribution in [0.2, 0.25) is 18.1 Å². The average molecular weight is 213 g/mol. The fourth-order valence-corrected chi connectivity index (χ4v) is 4.83. The molecule has 1 rings (SSSR count). The highest BCUT2D eigenvalue weighted by Gasteiger charge is 2.26. The highest BCUT2D eigenvalue weighted by atomic mass is 28.3. The zero-order valence-electron chi connectivity index (χ0n) is 9.75. The third-order valence-corrected chi connectivity index (χ3v) is 7.13. The van der Waals surface area contributed by atoms with Crippen molar-refractivity contribution in [1.82, 2.24) is 4.90 Å². The standard InChI is InChI=1S/C11H23NOSi/c1-4-14(5-2)9-10(3)12-8-6-7-11(12)13/h10,14H,4-9H2,1-3H3. The van der Waals surface area contributed by atoms with Gasteiger partial charge in [0.1, 0.15) is 0 Å². The van der Waals surface area contributed by atoms with Crippen LogP contribution in [0.25, 0.3) is 0 Å². The van der Waals surface area contributed by atoms with Crippen molar-refractivity contribution in [3.63, 3.8) is 0 Å². The summed E-state index contributed by atoms with van der Waals surface area (Å²) in [5.74, 6) is 0.387. The lowest BCUT2D eigenvalue weighted by molar-refractivity contribution is -0.129. The van der Waals surface area contributed by atoms with Gasteiger partial charge >= 0.3 is 0 Å². The lowest BCUT2D eigenvalue weighted by Crippen LogP contribution is -2.36. The Hall–Kier alpha value is -0.313. The first-order chi connectivity index (χ1) is 6.69. The number of nitrogens with zero attached hydrogens (tertiary/aromatic N) is 1. The Morgan fingerprint density at radius 1 is 1.43 bits per heavy atom. The quantitative estimate of drug-likeness (QED) is 0.642. The van der Waals surface area contributed by atoms with Crippen LogP contribution in [0.4, 0.5) is 0 Å². The molecule has 1 atom stereocenters. The van der Waals surface area contributed by atoms with Crippen molar-refractivity contribution in [2.45, 2.75) is 57.8 Å². The molecule has 0 saturated carbocycles. The van der Waals surface area contributed by atoms with E-state index in [-0.39, 0.29) is 0 Å². The second-order valence-electron chi connectivity index (χ2n) is 4.46. The Labute approximate surface area is 89.3 Å². The van der Waals surface area contributed by atoms with Crippen LogP contribution in [0.5, 0.6) is 0 Å². The molecule has 3 heteroatoms. The fraction of sp³-hybridized carbons (Fsp3) is 0.909. The molecule has 1 aliphatic rings. The van der Waals surface area contributed by atoms with Gasteiger partial charge in [0.05, 0.1) is 0 Å². The summed E-state index contributed by atoms with van der Waals surface area (Å²) < 4.78 is 0. The predicted octanol–water partition coefficient (Wildman–Crippen LogP) is 2.26. The molecule has 0 N–H and O–H groups in total. The van der Waals surface area contributed by atoms with Crippen molar-refractivity contribution >= 4 is 14.7 Å². The Morgan fingerprint density at radius 2 is 2.07 bits per heavy atom. The zero-order valence-corrected chi connectivity index (χ0v) is 10.9. The first-order valence-corrected chi connectivity index (χ1v) is 8.43. The first-order valence-electron chi connectivity index (χ1n) is 5.98. The molecule has 1 unspecified atom stereocenters. The molecule has 0 aromatic rings. The summed E-state index contributed by atoms with van der Waals surface area (Å²) >= 11 is 0. The summed E-state index contributed by atoms with van der Waals surface area (Å²) in [6.45, 7) is 7.85. The summed E-state index contributed by atoms with van der Waals surface area (Å²) in [7, 11) is -0.527. The molecule has 2 nitrogen and oxygen atoms in total. The van der Waals surface area contributed by atoms with Gasteiger partial charge in [-0.25, -0.2) is 0 Å². The molecule has 0 aromatic carbocycles. The second-order valence-corrected chi connectivity index (χ2v) is 8.29. The smallest absolute Gasteiger partial charge is 0.222 e. The molecule has 1 saturated heterocycles. The van der Waals surface area contributed by atoms with Gasteiger partial charge < -0.3 is 4.90 Å². The van der Waals surface area contributed by atoms with Crippen LogP contribution in [0.3, 0.4) is 0 Å². The summed E-state index contributed by atoms with van der Waals surface area (Å²) in [4.78, 5) is 13.6. The van der Waals surface area contributed by atoms with Gasteiger partial charge in [0.2, 0.25) is 5.91 Å². The Bertz CT molecular complexity index is 192. The Kier molecular flexibility index (Phi) is 4.65. The third kappa shape index (κ3) is 2.84. The molecule has 82 valence electrons. The van der Waals surface area contributed by atoms with Gasteiger partial charge in [0.25, 0.3) is 0 Å². The molecule has 0 aliphatic carbocycles. The second kappa shape index (κ2) is 5.54. The van der Waals surface area contributed by atoms with Gasteiger partial charge in [-0.3, -0.25) is 4.79 Å². The summed E-state index contributed by atoms with van der Waals surface area (Å²) in [6.07, 6.45) is 1.86. The molecular weight excluding hydrogens is 190 g/mol. The summed E-state index contributed by atoms with van der Waals surface area (Å²) in [5, 5.41) is 0. The van der Waals surface area contributed by atoms with Crippen molar-refractivity contribution in [1.29, 1.82) is 0 Å². The number of carbonyl (C=O) groups excluding carboxylic acids is 1. The van der Waals surface area contributed by atoms with Crippen molar-refractivity contribution in [2.75, 3.05) is 6.54 Å². The van der Waals surface area contributed by atoms with Gasteiger partial charge in [-0.1, -0.05) is 25.9 Å². The number of amides is 1. The SMILES string of the molecule is CC[SiH](CC)CC(C)N1CCCC1=O. The number of likely N-dealkylation sites (tertiary alicyclic amines) is 1. The van der Waals surface area contributed by atoms with Crippen LogP contribution in [0, 0.1) is 0 Å². The third-order valence-electron chi connectivity index (χ3n) is 3.47. The maximum absolute atomic E-state index is 11.5. The molecule has 0 spiro atoms. The van der Waals surface area contributed by atoms with Crippen molar-refractivity contribution < 1.29 is 4.79 Å². The monoisotopic (exact) mass is 213 g/mol. The van der Waals surface area contributed by atoms with E-state index in [9.17, 15) is 4.79 Å². The van der Waals surface area contributed by atoms with Crippen LogP contribution in [0.15, 0.2) is 0 Å². The lowest BCUT2D eigenvalue weighted by atomic mass is 10.3. The van der Waals surface area contributed by atoms with E-state index >= 15 is 0 Å². The van der Waals surface area contributed by atoms with E-state index in [0.717, 1.165) is 19.4 Å². The van der Waals surface area contributed by atoms with E-state index in [4.69, 9.17) is 0 Å². The highest BCUT2D eigenvalue weighted by molar-refractivity contribution is 6.58. The van der Waals surface area contributed by atoms with E-state index in [1.807, 2.05) is 0 Å². The van der Waals surface area contributed by atoms with Gasteiger partial charge in [-0.15, -0.1) is 0 Å². The van der Waals surface area contributed by atoms with Crippen molar-refractivity contribution in [3.05, 3.63) is 0 Å². The topological polar surface area (TPSA) is 20.3 Å². The lowest BCUT2D eigenvalue weighted by Gasteiger charge is -2.26. The molecule has 1 heterocycles. The number of hydrogen-bond donors (Lipinski definition) is 0. The maximum Gasteiger partial charge on any atom is 0.222 e. The van der Waals surface area contributed by atoms with Crippen LogP contribution in [0.1, 0.15) is 33.6 Å². The zero-order chi connectivity index (χ0) is 10.6. The van der Waals surface area contributed by atoms with Crippen LogP contribution in [-0.4, -0.2) is 32.2 Å². The minimum Gasteiger partial charge on any atom is -0.340 e. The van der Waals surface area contributed by atoms with Crippen LogP contribution < -0.4 is 0 Å². The van der Waals surface area contributed by atoms with E-state index in [2.05, 4.69) is 25.7 Å². The fourth-order valence-electron chi connectivity index (χ4n) is 2.37. The van der Waals surface area contributed by atoms with Gasteiger partial charge in [-0.2, -0.15) is 0 Å². The largest absolute Gasteiger partial charge is 0.340 e. The summed E-state index contributed by atoms with van der Waals surface area (Å²) in [5.41, 5.74) is 0. The number of hydrogen-bond acceptors (Lipinski definition) is 1. The molecule has 0 aromatic heterocycles. The highest BCUT2D eigenvalue weighted by Crippen LogP contribution is 2.18. The van der Waals surface area contributed by atoms with Crippen LogP contribution in [-0.2, 0) is 4.79 Å². The Balaban J connectivity index is 2.40. The maximum atomic E-state index is 11.5. The number of carbonyl (C=O) groups is 1. The minimum absolute atomic E-state index is 0.387. The van der Waals surface area contributed by atoms with Crippen molar-refractivity contribution in [2.24, 2.45) is 0 Å². The molecule has 14 heavy (non-hydrogen) atoms. The summed E-state index contributed by atoms with van der Waals surface area (Å²) in [6, 6.07) is 4.59. The van der Waals surface area contributed by atoms with Gasteiger partial charge in [-0.05, 0) is 19.4 Å². The molecule has 1 fully saturated rings. The number of rotatable bonds is 5. The molecule has 0 bridgehead atoms. The van der Waals surface area contributed by atoms with E-state index in [1.54, 1.807) is 0 Å². The van der Waals surface area contributed by atoms with E-state index in [1.165, 1.54) is 18.1 Å².